The Kier molecular flexibility index (Phi) is 6.95. The highest BCUT2D eigenvalue weighted by atomic mass is 35.5. The summed E-state index contributed by atoms with van der Waals surface area (Å²) in [6.45, 7) is 0. The average Bonchev–Trinajstić information content (AvgIpc) is 3.40. The lowest BCUT2D eigenvalue weighted by molar-refractivity contribution is -0.125. The number of para-hydroxylation sites is 1. The van der Waals surface area contributed by atoms with Crippen LogP contribution >= 0.6 is 23.2 Å². The third-order valence-electron chi connectivity index (χ3n) is 9.75. The van der Waals surface area contributed by atoms with Crippen molar-refractivity contribution in [1.29, 1.82) is 0 Å². The summed E-state index contributed by atoms with van der Waals surface area (Å²) in [5, 5.41) is 10.7. The summed E-state index contributed by atoms with van der Waals surface area (Å²) in [6, 6.07) is 16.3. The number of carbonyl (C=O) groups is 4. The van der Waals surface area contributed by atoms with Crippen LogP contribution in [0, 0.1) is 23.6 Å². The van der Waals surface area contributed by atoms with Crippen molar-refractivity contribution in [3.05, 3.63) is 89.8 Å². The Morgan fingerprint density at radius 3 is 2.04 bits per heavy atom. The average molecular weight is 666 g/mol. The van der Waals surface area contributed by atoms with Crippen LogP contribution in [0.2, 0.25) is 0 Å². The number of benzene rings is 3. The highest BCUT2D eigenvalue weighted by Gasteiger charge is 2.76. The van der Waals surface area contributed by atoms with Gasteiger partial charge in [-0.1, -0.05) is 29.8 Å². The first-order chi connectivity index (χ1) is 22.0. The highest BCUT2D eigenvalue weighted by molar-refractivity contribution is 6.58. The lowest BCUT2D eigenvalue weighted by Gasteiger charge is -2.50. The molecule has 9 nitrogen and oxygen atoms in total. The fourth-order valence-corrected chi connectivity index (χ4v) is 8.62. The van der Waals surface area contributed by atoms with Gasteiger partial charge in [0.25, 0.3) is 11.8 Å². The quantitative estimate of drug-likeness (QED) is 0.223. The summed E-state index contributed by atoms with van der Waals surface area (Å²) < 4.78 is 24.7. The first-order valence-electron chi connectivity index (χ1n) is 14.6. The molecular formula is C34H27Cl2FN2O7. The number of rotatable bonds is 5. The number of phenolic OH excluding ortho intramolecular Hbond substituents is 1. The van der Waals surface area contributed by atoms with Crippen molar-refractivity contribution >= 4 is 58.2 Å². The van der Waals surface area contributed by atoms with E-state index in [0.717, 1.165) is 17.0 Å². The molecule has 4 amide bonds. The maximum absolute atomic E-state index is 14.5. The molecule has 0 bridgehead atoms. The summed E-state index contributed by atoms with van der Waals surface area (Å²) in [5.74, 6) is -6.83. The predicted molar refractivity (Wildman–Crippen MR) is 167 cm³/mol. The van der Waals surface area contributed by atoms with Crippen molar-refractivity contribution in [2.45, 2.75) is 28.5 Å². The number of ether oxygens (including phenoxy) is 2. The zero-order chi connectivity index (χ0) is 32.7. The summed E-state index contributed by atoms with van der Waals surface area (Å²) in [7, 11) is 2.69. The van der Waals surface area contributed by atoms with Crippen LogP contribution in [0.4, 0.5) is 15.8 Å². The molecule has 7 rings (SSSR count). The third-order valence-corrected chi connectivity index (χ3v) is 11.2. The van der Waals surface area contributed by atoms with Gasteiger partial charge in [-0.15, -0.1) is 23.2 Å². The van der Waals surface area contributed by atoms with E-state index in [1.807, 2.05) is 0 Å². The van der Waals surface area contributed by atoms with Crippen LogP contribution in [-0.2, 0) is 19.2 Å². The summed E-state index contributed by atoms with van der Waals surface area (Å²) in [5.41, 5.74) is 1.39. The topological polar surface area (TPSA) is 113 Å². The molecule has 2 saturated heterocycles. The van der Waals surface area contributed by atoms with Crippen molar-refractivity contribution in [3.8, 4) is 17.2 Å². The molecule has 0 spiro atoms. The molecule has 12 heteroatoms. The largest absolute Gasteiger partial charge is 0.502 e. The Bertz CT molecular complexity index is 1830. The molecule has 1 N–H and O–H groups in total. The van der Waals surface area contributed by atoms with Gasteiger partial charge in [-0.25, -0.2) is 9.29 Å². The standard InChI is InChI=1S/C34H27Cl2FN2O7/c1-45-24-14-17(15-25(46-2)28(24)40)27-21-12-13-22-26(30(42)38(29(22)41)19-6-4-3-5-7-19)23(21)16-33(35)31(43)39(32(44)34(27,33)36)20-10-8-18(37)9-11-20/h3-12,14-15,22-23,26-27,40H,13,16H2,1-2H3. The Labute approximate surface area is 273 Å². The SMILES string of the molecule is COc1cc(C2C3=CCC4C(=O)N(c5ccccc5)C(=O)C4C3CC3(Cl)C(=O)N(c4ccc(F)cc4)C(=O)C23Cl)cc(OC)c1O. The van der Waals surface area contributed by atoms with E-state index in [4.69, 9.17) is 32.7 Å². The number of aromatic hydroxyl groups is 1. The van der Waals surface area contributed by atoms with Crippen LogP contribution in [0.25, 0.3) is 0 Å². The number of carbonyl (C=O) groups excluding carboxylic acids is 4. The molecule has 3 fully saturated rings. The Balaban J connectivity index is 1.44. The third kappa shape index (κ3) is 3.92. The molecule has 3 aromatic carbocycles. The van der Waals surface area contributed by atoms with Gasteiger partial charge in [0, 0.05) is 5.92 Å². The second-order valence-electron chi connectivity index (χ2n) is 11.9. The van der Waals surface area contributed by atoms with Crippen molar-refractivity contribution in [1.82, 2.24) is 0 Å². The number of alkyl halides is 2. The smallest absolute Gasteiger partial charge is 0.258 e. The first-order valence-corrected chi connectivity index (χ1v) is 15.3. The lowest BCUT2D eigenvalue weighted by Crippen LogP contribution is -2.60. The maximum atomic E-state index is 14.5. The number of nitrogens with zero attached hydrogens (tertiary/aromatic N) is 2. The van der Waals surface area contributed by atoms with E-state index >= 15 is 0 Å². The fourth-order valence-electron chi connectivity index (χ4n) is 7.68. The number of amides is 4. The Morgan fingerprint density at radius 2 is 1.43 bits per heavy atom. The minimum Gasteiger partial charge on any atom is -0.502 e. The number of methoxy groups -OCH3 is 2. The van der Waals surface area contributed by atoms with Gasteiger partial charge in [0.05, 0.1) is 37.4 Å². The fraction of sp³-hybridized carbons (Fsp3) is 0.294. The number of fused-ring (bicyclic) bond motifs is 4. The van der Waals surface area contributed by atoms with Crippen molar-refractivity contribution in [3.63, 3.8) is 0 Å². The zero-order valence-electron chi connectivity index (χ0n) is 24.6. The van der Waals surface area contributed by atoms with Crippen LogP contribution in [0.3, 0.4) is 0 Å². The molecule has 0 radical (unpaired) electrons. The summed E-state index contributed by atoms with van der Waals surface area (Å²) in [6.07, 6.45) is 1.76. The lowest BCUT2D eigenvalue weighted by atomic mass is 9.56. The van der Waals surface area contributed by atoms with Crippen molar-refractivity contribution in [2.24, 2.45) is 17.8 Å². The van der Waals surface area contributed by atoms with Crippen molar-refractivity contribution < 1.29 is 38.1 Å². The molecule has 1 saturated carbocycles. The van der Waals surface area contributed by atoms with E-state index in [-0.39, 0.29) is 41.7 Å². The van der Waals surface area contributed by atoms with E-state index in [1.165, 1.54) is 43.4 Å². The van der Waals surface area contributed by atoms with Gasteiger partial charge < -0.3 is 14.6 Å². The highest BCUT2D eigenvalue weighted by Crippen LogP contribution is 2.66. The van der Waals surface area contributed by atoms with Gasteiger partial charge in [0.15, 0.2) is 21.2 Å². The molecule has 0 aromatic heterocycles. The molecule has 6 atom stereocenters. The van der Waals surface area contributed by atoms with E-state index in [0.29, 0.717) is 16.8 Å². The van der Waals surface area contributed by atoms with Gasteiger partial charge in [-0.3, -0.25) is 24.1 Å². The molecule has 2 aliphatic heterocycles. The number of allylic oxidation sites excluding steroid dienone is 2. The van der Waals surface area contributed by atoms with E-state index in [2.05, 4.69) is 0 Å². The Morgan fingerprint density at radius 1 is 0.826 bits per heavy atom. The van der Waals surface area contributed by atoms with Crippen LogP contribution in [0.15, 0.2) is 78.4 Å². The molecule has 236 valence electrons. The van der Waals surface area contributed by atoms with Crippen LogP contribution in [-0.4, -0.2) is 52.7 Å². The second-order valence-corrected chi connectivity index (χ2v) is 13.1. The minimum atomic E-state index is -2.15. The van der Waals surface area contributed by atoms with E-state index in [9.17, 15) is 28.7 Å². The monoisotopic (exact) mass is 664 g/mol. The second kappa shape index (κ2) is 10.6. The van der Waals surface area contributed by atoms with E-state index < -0.39 is 57.0 Å². The van der Waals surface area contributed by atoms with Gasteiger partial charge in [-0.05, 0) is 72.9 Å². The molecule has 4 aliphatic rings. The number of imide groups is 2. The number of phenols is 1. The molecule has 2 heterocycles. The van der Waals surface area contributed by atoms with Gasteiger partial charge in [0.2, 0.25) is 17.6 Å². The number of hydrogen-bond acceptors (Lipinski definition) is 7. The Hall–Kier alpha value is -4.41. The summed E-state index contributed by atoms with van der Waals surface area (Å²) >= 11 is 14.8. The van der Waals surface area contributed by atoms with E-state index in [1.54, 1.807) is 36.4 Å². The van der Waals surface area contributed by atoms with Gasteiger partial charge in [0.1, 0.15) is 5.82 Å². The normalized spacial score (nSPS) is 30.2. The van der Waals surface area contributed by atoms with Gasteiger partial charge in [-0.2, -0.15) is 0 Å². The number of anilines is 2. The molecule has 46 heavy (non-hydrogen) atoms. The van der Waals surface area contributed by atoms with Crippen LogP contribution in [0.1, 0.15) is 24.3 Å². The number of hydrogen-bond donors (Lipinski definition) is 1. The molecule has 2 aliphatic carbocycles. The zero-order valence-corrected chi connectivity index (χ0v) is 26.1. The molecule has 3 aromatic rings. The predicted octanol–water partition coefficient (Wildman–Crippen LogP) is 5.32. The first kappa shape index (κ1) is 30.3. The van der Waals surface area contributed by atoms with Crippen LogP contribution < -0.4 is 19.3 Å². The minimum absolute atomic E-state index is 0.0146. The molecular weight excluding hydrogens is 638 g/mol. The maximum Gasteiger partial charge on any atom is 0.258 e. The summed E-state index contributed by atoms with van der Waals surface area (Å²) in [4.78, 5) is 54.5. The van der Waals surface area contributed by atoms with Crippen molar-refractivity contribution in [2.75, 3.05) is 24.0 Å². The van der Waals surface area contributed by atoms with Gasteiger partial charge >= 0.3 is 0 Å². The molecule has 6 unspecified atom stereocenters. The number of halogens is 3. The van der Waals surface area contributed by atoms with Crippen LogP contribution in [0.5, 0.6) is 17.2 Å².